The first-order valence-corrected chi connectivity index (χ1v) is 8.38. The summed E-state index contributed by atoms with van der Waals surface area (Å²) in [5, 5.41) is 8.94. The van der Waals surface area contributed by atoms with E-state index in [0.717, 1.165) is 29.7 Å². The highest BCUT2D eigenvalue weighted by Crippen LogP contribution is 2.47. The number of H-pyrrole nitrogens is 1. The zero-order valence-corrected chi connectivity index (χ0v) is 13.6. The minimum atomic E-state index is -0.830. The maximum atomic E-state index is 12.5. The molecule has 3 aromatic heterocycles. The molecular formula is C18H18N4O3. The van der Waals surface area contributed by atoms with E-state index in [-0.39, 0.29) is 12.0 Å². The van der Waals surface area contributed by atoms with Gasteiger partial charge in [-0.1, -0.05) is 6.07 Å². The third-order valence-corrected chi connectivity index (χ3v) is 4.57. The predicted molar refractivity (Wildman–Crippen MR) is 92.4 cm³/mol. The first-order valence-electron chi connectivity index (χ1n) is 8.38. The van der Waals surface area contributed by atoms with Gasteiger partial charge in [0.15, 0.2) is 0 Å². The molecule has 0 atom stereocenters. The van der Waals surface area contributed by atoms with Crippen molar-refractivity contribution in [2.75, 3.05) is 0 Å². The van der Waals surface area contributed by atoms with E-state index in [4.69, 9.17) is 5.11 Å². The first kappa shape index (κ1) is 15.6. The Morgan fingerprint density at radius 2 is 2.24 bits per heavy atom. The van der Waals surface area contributed by atoms with Gasteiger partial charge in [-0.2, -0.15) is 0 Å². The SMILES string of the molecule is O=C(O)CCCn1c(C2CC2)c(-c2cccnc2)c2nc[nH]c(=O)c21. The highest BCUT2D eigenvalue weighted by molar-refractivity contribution is 5.95. The quantitative estimate of drug-likeness (QED) is 0.719. The molecule has 0 unspecified atom stereocenters. The van der Waals surface area contributed by atoms with Crippen molar-refractivity contribution in [2.24, 2.45) is 0 Å². The summed E-state index contributed by atoms with van der Waals surface area (Å²) in [6, 6.07) is 3.84. The van der Waals surface area contributed by atoms with Gasteiger partial charge in [-0.25, -0.2) is 4.98 Å². The van der Waals surface area contributed by atoms with Crippen LogP contribution in [0.1, 0.15) is 37.3 Å². The number of hydrogen-bond acceptors (Lipinski definition) is 4. The summed E-state index contributed by atoms with van der Waals surface area (Å²) in [4.78, 5) is 34.7. The van der Waals surface area contributed by atoms with Crippen molar-refractivity contribution in [1.82, 2.24) is 19.5 Å². The molecule has 3 aromatic rings. The molecular weight excluding hydrogens is 320 g/mol. The molecule has 2 N–H and O–H groups in total. The van der Waals surface area contributed by atoms with Crippen LogP contribution >= 0.6 is 0 Å². The Balaban J connectivity index is 1.95. The summed E-state index contributed by atoms with van der Waals surface area (Å²) >= 11 is 0. The van der Waals surface area contributed by atoms with Gasteiger partial charge >= 0.3 is 5.97 Å². The summed E-state index contributed by atoms with van der Waals surface area (Å²) < 4.78 is 1.98. The molecule has 0 aliphatic heterocycles. The van der Waals surface area contributed by atoms with Crippen LogP contribution in [0.5, 0.6) is 0 Å². The Labute approximate surface area is 143 Å². The number of aromatic nitrogens is 4. The van der Waals surface area contributed by atoms with Crippen LogP contribution in [0.4, 0.5) is 0 Å². The number of fused-ring (bicyclic) bond motifs is 1. The molecule has 3 heterocycles. The fourth-order valence-electron chi connectivity index (χ4n) is 3.40. The van der Waals surface area contributed by atoms with Crippen LogP contribution in [-0.2, 0) is 11.3 Å². The van der Waals surface area contributed by atoms with E-state index >= 15 is 0 Å². The zero-order chi connectivity index (χ0) is 17.4. The summed E-state index contributed by atoms with van der Waals surface area (Å²) in [7, 11) is 0. The predicted octanol–water partition coefficient (Wildman–Crippen LogP) is 2.53. The number of aliphatic carboxylic acids is 1. The molecule has 1 aliphatic carbocycles. The van der Waals surface area contributed by atoms with Crippen LogP contribution < -0.4 is 5.56 Å². The standard InChI is InChI=1S/C18H18N4O3/c23-13(24)4-2-8-22-16(11-5-6-11)14(12-3-1-7-19-9-12)15-17(22)18(25)21-10-20-15/h1,3,7,9-11H,2,4-6,8H2,(H,23,24)(H,20,21,25). The second-order valence-electron chi connectivity index (χ2n) is 6.35. The lowest BCUT2D eigenvalue weighted by molar-refractivity contribution is -0.137. The molecule has 0 spiro atoms. The second-order valence-corrected chi connectivity index (χ2v) is 6.35. The van der Waals surface area contributed by atoms with E-state index < -0.39 is 5.97 Å². The molecule has 1 saturated carbocycles. The zero-order valence-electron chi connectivity index (χ0n) is 13.6. The number of carboxylic acid groups (broad SMARTS) is 1. The molecule has 4 rings (SSSR count). The Morgan fingerprint density at radius 3 is 2.92 bits per heavy atom. The number of aromatic amines is 1. The van der Waals surface area contributed by atoms with Crippen molar-refractivity contribution in [3.05, 3.63) is 46.9 Å². The lowest BCUT2D eigenvalue weighted by Gasteiger charge is -2.10. The highest BCUT2D eigenvalue weighted by atomic mass is 16.4. The fraction of sp³-hybridized carbons (Fsp3) is 0.333. The Morgan fingerprint density at radius 1 is 1.40 bits per heavy atom. The summed E-state index contributed by atoms with van der Waals surface area (Å²) in [6.45, 7) is 0.490. The third kappa shape index (κ3) is 2.82. The van der Waals surface area contributed by atoms with Gasteiger partial charge in [0.25, 0.3) is 5.56 Å². The summed E-state index contributed by atoms with van der Waals surface area (Å²) in [5.41, 5.74) is 3.95. The number of rotatable bonds is 6. The van der Waals surface area contributed by atoms with E-state index in [0.29, 0.717) is 29.9 Å². The second kappa shape index (κ2) is 6.16. The molecule has 1 aliphatic rings. The van der Waals surface area contributed by atoms with Crippen LogP contribution in [0.15, 0.2) is 35.6 Å². The first-order chi connectivity index (χ1) is 12.2. The molecule has 0 amide bonds. The van der Waals surface area contributed by atoms with Gasteiger partial charge in [-0.05, 0) is 31.2 Å². The maximum Gasteiger partial charge on any atom is 0.303 e. The molecule has 7 heteroatoms. The van der Waals surface area contributed by atoms with Crippen LogP contribution in [0, 0.1) is 0 Å². The largest absolute Gasteiger partial charge is 0.481 e. The van der Waals surface area contributed by atoms with Crippen LogP contribution in [0.2, 0.25) is 0 Å². The lowest BCUT2D eigenvalue weighted by Crippen LogP contribution is -2.13. The highest BCUT2D eigenvalue weighted by Gasteiger charge is 2.33. The molecule has 1 fully saturated rings. The van der Waals surface area contributed by atoms with Crippen LogP contribution in [0.3, 0.4) is 0 Å². The monoisotopic (exact) mass is 338 g/mol. The van der Waals surface area contributed by atoms with E-state index in [1.165, 1.54) is 6.33 Å². The molecule has 0 radical (unpaired) electrons. The van der Waals surface area contributed by atoms with Crippen molar-refractivity contribution in [1.29, 1.82) is 0 Å². The number of pyridine rings is 1. The van der Waals surface area contributed by atoms with Gasteiger partial charge in [-0.3, -0.25) is 14.6 Å². The topological polar surface area (TPSA) is 101 Å². The fourth-order valence-corrected chi connectivity index (χ4v) is 3.40. The number of aryl methyl sites for hydroxylation is 1. The molecule has 0 saturated heterocycles. The Hall–Kier alpha value is -2.96. The Bertz CT molecular complexity index is 987. The molecule has 7 nitrogen and oxygen atoms in total. The number of nitrogens with zero attached hydrogens (tertiary/aromatic N) is 3. The van der Waals surface area contributed by atoms with Gasteiger partial charge in [0.2, 0.25) is 0 Å². The number of carboxylic acids is 1. The minimum Gasteiger partial charge on any atom is -0.481 e. The van der Waals surface area contributed by atoms with Gasteiger partial charge in [0.05, 0.1) is 6.33 Å². The molecule has 25 heavy (non-hydrogen) atoms. The average Bonchev–Trinajstić information content (AvgIpc) is 3.38. The minimum absolute atomic E-state index is 0.0736. The Kier molecular flexibility index (Phi) is 3.83. The average molecular weight is 338 g/mol. The number of hydrogen-bond donors (Lipinski definition) is 2. The summed E-state index contributed by atoms with van der Waals surface area (Å²) in [6.07, 6.45) is 7.60. The van der Waals surface area contributed by atoms with Gasteiger partial charge in [0, 0.05) is 42.2 Å². The molecule has 0 aromatic carbocycles. The van der Waals surface area contributed by atoms with Gasteiger partial charge < -0.3 is 14.7 Å². The summed E-state index contributed by atoms with van der Waals surface area (Å²) in [5.74, 6) is -0.447. The van der Waals surface area contributed by atoms with E-state index in [9.17, 15) is 9.59 Å². The van der Waals surface area contributed by atoms with Gasteiger partial charge in [0.1, 0.15) is 11.0 Å². The smallest absolute Gasteiger partial charge is 0.303 e. The normalized spacial score (nSPS) is 14.1. The van der Waals surface area contributed by atoms with Crippen molar-refractivity contribution in [3.63, 3.8) is 0 Å². The number of carbonyl (C=O) groups is 1. The van der Waals surface area contributed by atoms with Crippen LogP contribution in [0.25, 0.3) is 22.2 Å². The molecule has 0 bridgehead atoms. The van der Waals surface area contributed by atoms with E-state index in [2.05, 4.69) is 15.0 Å². The van der Waals surface area contributed by atoms with Crippen molar-refractivity contribution >= 4 is 17.0 Å². The van der Waals surface area contributed by atoms with Crippen molar-refractivity contribution in [2.45, 2.75) is 38.1 Å². The van der Waals surface area contributed by atoms with Crippen molar-refractivity contribution < 1.29 is 9.90 Å². The van der Waals surface area contributed by atoms with E-state index in [1.54, 1.807) is 12.4 Å². The maximum absolute atomic E-state index is 12.5. The lowest BCUT2D eigenvalue weighted by atomic mass is 10.0. The third-order valence-electron chi connectivity index (χ3n) is 4.57. The van der Waals surface area contributed by atoms with Crippen LogP contribution in [-0.4, -0.2) is 30.6 Å². The van der Waals surface area contributed by atoms with Gasteiger partial charge in [-0.15, -0.1) is 0 Å². The molecule has 128 valence electrons. The van der Waals surface area contributed by atoms with E-state index in [1.807, 2.05) is 16.7 Å². The number of nitrogens with one attached hydrogen (secondary N) is 1. The van der Waals surface area contributed by atoms with Crippen molar-refractivity contribution in [3.8, 4) is 11.1 Å².